The van der Waals surface area contributed by atoms with E-state index < -0.39 is 11.9 Å². The zero-order valence-corrected chi connectivity index (χ0v) is 31.4. The van der Waals surface area contributed by atoms with Gasteiger partial charge in [0, 0.05) is 58.3 Å². The van der Waals surface area contributed by atoms with E-state index in [1.54, 1.807) is 6.92 Å². The van der Waals surface area contributed by atoms with E-state index >= 15 is 0 Å². The van der Waals surface area contributed by atoms with Gasteiger partial charge in [-0.05, 0) is 51.4 Å². The molecule has 0 rings (SSSR count). The van der Waals surface area contributed by atoms with Crippen LogP contribution >= 0.6 is 0 Å². The van der Waals surface area contributed by atoms with Gasteiger partial charge in [-0.15, -0.1) is 0 Å². The minimum Gasteiger partial charge on any atom is -0.481 e. The summed E-state index contributed by atoms with van der Waals surface area (Å²) < 4.78 is 16.7. The summed E-state index contributed by atoms with van der Waals surface area (Å²) in [5, 5.41) is 20.3. The van der Waals surface area contributed by atoms with Crippen LogP contribution < -0.4 is 5.32 Å². The number of ether oxygens (including phenoxy) is 3. The molecule has 1 atom stereocenters. The molecule has 11 heteroatoms. The van der Waals surface area contributed by atoms with Crippen molar-refractivity contribution in [2.24, 2.45) is 5.92 Å². The maximum Gasteiger partial charge on any atom is 0.306 e. The highest BCUT2D eigenvalue weighted by Crippen LogP contribution is 2.14. The minimum atomic E-state index is -0.799. The third kappa shape index (κ3) is 36.9. The molecule has 0 saturated carbocycles. The van der Waals surface area contributed by atoms with Crippen molar-refractivity contribution in [3.05, 3.63) is 0 Å². The van der Waals surface area contributed by atoms with Crippen molar-refractivity contribution in [2.75, 3.05) is 46.2 Å². The van der Waals surface area contributed by atoms with Crippen molar-refractivity contribution in [2.45, 2.75) is 167 Å². The van der Waals surface area contributed by atoms with Gasteiger partial charge in [-0.2, -0.15) is 0 Å². The number of carboxylic acid groups (broad SMARTS) is 2. The van der Waals surface area contributed by atoms with Crippen LogP contribution in [0.2, 0.25) is 0 Å². The second kappa shape index (κ2) is 36.4. The maximum atomic E-state index is 12.1. The zero-order valence-electron chi connectivity index (χ0n) is 31.4. The molecule has 0 aromatic carbocycles. The molecule has 0 saturated heterocycles. The van der Waals surface area contributed by atoms with Crippen LogP contribution in [0.5, 0.6) is 0 Å². The Kier molecular flexibility index (Phi) is 34.7. The number of Topliss-reactive ketones (excluding diaryl/α,β-unsaturated/α-hetero) is 2. The van der Waals surface area contributed by atoms with Crippen LogP contribution in [0.3, 0.4) is 0 Å². The topological polar surface area (TPSA) is 166 Å². The summed E-state index contributed by atoms with van der Waals surface area (Å²) in [6, 6.07) is 0. The monoisotopic (exact) mass is 714 g/mol. The normalized spacial score (nSPS) is 11.8. The molecule has 3 N–H and O–H groups in total. The molecule has 1 amide bonds. The molecule has 0 aliphatic heterocycles. The Labute approximate surface area is 302 Å². The Hall–Kier alpha value is -2.37. The average molecular weight is 714 g/mol. The summed E-state index contributed by atoms with van der Waals surface area (Å²) in [5.41, 5.74) is 0. The second-order valence-corrected chi connectivity index (χ2v) is 13.6. The van der Waals surface area contributed by atoms with Crippen LogP contribution in [-0.2, 0) is 38.2 Å². The summed E-state index contributed by atoms with van der Waals surface area (Å²) >= 11 is 0. The predicted molar refractivity (Wildman–Crippen MR) is 195 cm³/mol. The Bertz CT molecular complexity index is 866. The van der Waals surface area contributed by atoms with Crippen molar-refractivity contribution < 1.29 is 48.4 Å². The van der Waals surface area contributed by atoms with Crippen LogP contribution in [0.1, 0.15) is 167 Å². The van der Waals surface area contributed by atoms with Gasteiger partial charge in [0.2, 0.25) is 5.91 Å². The van der Waals surface area contributed by atoms with Gasteiger partial charge in [0.1, 0.15) is 11.6 Å². The van der Waals surface area contributed by atoms with Crippen LogP contribution in [0.25, 0.3) is 0 Å². The Morgan fingerprint density at radius 3 is 1.32 bits per heavy atom. The molecule has 50 heavy (non-hydrogen) atoms. The molecule has 0 aromatic rings. The third-order valence-corrected chi connectivity index (χ3v) is 8.77. The lowest BCUT2D eigenvalue weighted by Gasteiger charge is -2.08. The first kappa shape index (κ1) is 47.6. The smallest absolute Gasteiger partial charge is 0.306 e. The number of unbranched alkanes of at least 4 members (excludes halogenated alkanes) is 14. The fraction of sp³-hybridized carbons (Fsp3) is 0.872. The largest absolute Gasteiger partial charge is 0.481 e. The van der Waals surface area contributed by atoms with Gasteiger partial charge in [0.25, 0.3) is 0 Å². The number of carboxylic acids is 2. The molecule has 11 nitrogen and oxygen atoms in total. The van der Waals surface area contributed by atoms with E-state index in [1.165, 1.54) is 44.9 Å². The molecule has 0 aliphatic carbocycles. The van der Waals surface area contributed by atoms with Crippen LogP contribution in [0, 0.1) is 5.92 Å². The number of nitrogens with one attached hydrogen (secondary N) is 1. The SMILES string of the molecule is C[C@@H](CCCCNC(=O)CCC(=O)CCCCOCCOCCOCCCCC(=O)CCCCCCCCCCCCCCC(=O)O)C(=O)O. The predicted octanol–water partition coefficient (Wildman–Crippen LogP) is 7.85. The third-order valence-electron chi connectivity index (χ3n) is 8.77. The lowest BCUT2D eigenvalue weighted by molar-refractivity contribution is -0.141. The zero-order chi connectivity index (χ0) is 36.9. The van der Waals surface area contributed by atoms with E-state index in [1.807, 2.05) is 0 Å². The summed E-state index contributed by atoms with van der Waals surface area (Å²) in [5.74, 6) is -1.57. The highest BCUT2D eigenvalue weighted by Gasteiger charge is 2.10. The van der Waals surface area contributed by atoms with E-state index in [4.69, 9.17) is 24.4 Å². The lowest BCUT2D eigenvalue weighted by atomic mass is 10.0. The lowest BCUT2D eigenvalue weighted by Crippen LogP contribution is -2.25. The van der Waals surface area contributed by atoms with E-state index in [0.717, 1.165) is 70.6 Å². The Morgan fingerprint density at radius 1 is 0.460 bits per heavy atom. The van der Waals surface area contributed by atoms with Gasteiger partial charge < -0.3 is 29.7 Å². The number of aliphatic carboxylic acids is 2. The van der Waals surface area contributed by atoms with Gasteiger partial charge in [-0.25, -0.2) is 0 Å². The van der Waals surface area contributed by atoms with Gasteiger partial charge >= 0.3 is 11.9 Å². The van der Waals surface area contributed by atoms with Crippen LogP contribution in [-0.4, -0.2) is 85.8 Å². The van der Waals surface area contributed by atoms with Crippen molar-refractivity contribution in [1.82, 2.24) is 5.32 Å². The quantitative estimate of drug-likeness (QED) is 0.0533. The summed E-state index contributed by atoms with van der Waals surface area (Å²) in [7, 11) is 0. The van der Waals surface area contributed by atoms with Crippen LogP contribution in [0.4, 0.5) is 0 Å². The number of ketones is 2. The number of carbonyl (C=O) groups is 5. The standard InChI is InChI=1S/C39H71NO10/c1-34(39(46)47)20-14-17-27-40-37(43)26-25-36(42)23-16-19-29-49-31-33-50-32-30-48-28-18-15-22-35(41)21-12-10-8-6-4-2-3-5-7-9-11-13-24-38(44)45/h34H,2-33H2,1H3,(H,40,43)(H,44,45)(H,46,47)/t34-/m0/s1. The number of rotatable bonds is 40. The summed E-state index contributed by atoms with van der Waals surface area (Å²) in [4.78, 5) is 57.2. The molecule has 0 heterocycles. The highest BCUT2D eigenvalue weighted by atomic mass is 16.5. The second-order valence-electron chi connectivity index (χ2n) is 13.6. The van der Waals surface area contributed by atoms with Crippen molar-refractivity contribution in [3.8, 4) is 0 Å². The van der Waals surface area contributed by atoms with Gasteiger partial charge in [-0.3, -0.25) is 24.0 Å². The fourth-order valence-electron chi connectivity index (χ4n) is 5.48. The van der Waals surface area contributed by atoms with E-state index in [0.29, 0.717) is 84.1 Å². The number of amides is 1. The molecule has 0 aromatic heterocycles. The summed E-state index contributed by atoms with van der Waals surface area (Å²) in [6.45, 7) is 5.39. The van der Waals surface area contributed by atoms with Gasteiger partial charge in [0.15, 0.2) is 0 Å². The molecule has 292 valence electrons. The molecular formula is C39H71NO10. The average Bonchev–Trinajstić information content (AvgIpc) is 3.08. The number of hydrogen-bond acceptors (Lipinski definition) is 8. The Balaban J connectivity index is 3.31. The van der Waals surface area contributed by atoms with E-state index in [2.05, 4.69) is 5.32 Å². The minimum absolute atomic E-state index is 0.0751. The molecular weight excluding hydrogens is 642 g/mol. The first-order valence-electron chi connectivity index (χ1n) is 19.7. The number of carbonyl (C=O) groups excluding carboxylic acids is 3. The highest BCUT2D eigenvalue weighted by molar-refractivity contribution is 5.84. The van der Waals surface area contributed by atoms with Crippen molar-refractivity contribution in [1.29, 1.82) is 0 Å². The molecule has 0 radical (unpaired) electrons. The maximum absolute atomic E-state index is 12.1. The van der Waals surface area contributed by atoms with Crippen molar-refractivity contribution in [3.63, 3.8) is 0 Å². The molecule has 0 fully saturated rings. The Morgan fingerprint density at radius 2 is 0.860 bits per heavy atom. The van der Waals surface area contributed by atoms with Gasteiger partial charge in [0.05, 0.1) is 32.3 Å². The summed E-state index contributed by atoms with van der Waals surface area (Å²) in [6.07, 6.45) is 21.7. The van der Waals surface area contributed by atoms with Crippen molar-refractivity contribution >= 4 is 29.4 Å². The van der Waals surface area contributed by atoms with E-state index in [9.17, 15) is 24.0 Å². The molecule has 0 unspecified atom stereocenters. The molecule has 0 spiro atoms. The molecule has 0 aliphatic rings. The number of hydrogen-bond donors (Lipinski definition) is 3. The molecule has 0 bridgehead atoms. The van der Waals surface area contributed by atoms with Gasteiger partial charge in [-0.1, -0.05) is 77.6 Å². The fourth-order valence-corrected chi connectivity index (χ4v) is 5.48. The van der Waals surface area contributed by atoms with Crippen LogP contribution in [0.15, 0.2) is 0 Å². The van der Waals surface area contributed by atoms with E-state index in [-0.39, 0.29) is 30.4 Å². The first-order valence-corrected chi connectivity index (χ1v) is 19.7. The first-order chi connectivity index (χ1) is 24.2.